The molecule has 3 nitrogen and oxygen atoms in total. The average molecular weight is 417 g/mol. The van der Waals surface area contributed by atoms with E-state index in [2.05, 4.69) is 13.8 Å². The molecule has 2 atom stereocenters. The fraction of sp³-hybridized carbons (Fsp3) is 0.741. The van der Waals surface area contributed by atoms with Crippen LogP contribution in [0.4, 0.5) is 0 Å². The van der Waals surface area contributed by atoms with Gasteiger partial charge in [-0.2, -0.15) is 0 Å². The van der Waals surface area contributed by atoms with Crippen LogP contribution in [0, 0.1) is 11.8 Å². The molecule has 0 aromatic heterocycles. The topological polar surface area (TPSA) is 35.5 Å². The quantitative estimate of drug-likeness (QED) is 0.215. The van der Waals surface area contributed by atoms with Gasteiger partial charge in [-0.15, -0.1) is 0 Å². The van der Waals surface area contributed by atoms with Crippen molar-refractivity contribution < 1.29 is 14.3 Å². The molecular weight excluding hydrogens is 372 g/mol. The molecule has 0 amide bonds. The number of unbranched alkanes of at least 4 members (excludes halogenated alkanes) is 5. The smallest absolute Gasteiger partial charge is 0.338 e. The molecule has 0 spiro atoms. The molecule has 1 aliphatic carbocycles. The van der Waals surface area contributed by atoms with Gasteiger partial charge < -0.3 is 9.47 Å². The van der Waals surface area contributed by atoms with Crippen molar-refractivity contribution in [3.8, 4) is 5.75 Å². The molecule has 1 aliphatic rings. The van der Waals surface area contributed by atoms with Crippen molar-refractivity contribution >= 4 is 5.97 Å². The first-order valence-corrected chi connectivity index (χ1v) is 12.6. The maximum Gasteiger partial charge on any atom is 0.338 e. The van der Waals surface area contributed by atoms with E-state index in [1.165, 1.54) is 70.6 Å². The van der Waals surface area contributed by atoms with E-state index in [0.29, 0.717) is 12.2 Å². The summed E-state index contributed by atoms with van der Waals surface area (Å²) in [6.07, 6.45) is 18.5. The van der Waals surface area contributed by atoms with E-state index >= 15 is 0 Å². The van der Waals surface area contributed by atoms with Crippen LogP contribution in [0.1, 0.15) is 114 Å². The van der Waals surface area contributed by atoms with Crippen LogP contribution in [-0.4, -0.2) is 19.2 Å². The van der Waals surface area contributed by atoms with Crippen molar-refractivity contribution in [1.82, 2.24) is 0 Å². The molecule has 1 aromatic carbocycles. The lowest BCUT2D eigenvalue weighted by molar-refractivity contribution is 0.0499. The summed E-state index contributed by atoms with van der Waals surface area (Å²) in [5.74, 6) is 2.44. The van der Waals surface area contributed by atoms with Crippen molar-refractivity contribution in [2.75, 3.05) is 13.2 Å². The van der Waals surface area contributed by atoms with Gasteiger partial charge in [0.15, 0.2) is 0 Å². The third-order valence-electron chi connectivity index (χ3n) is 6.55. The number of rotatable bonds is 15. The van der Waals surface area contributed by atoms with Crippen LogP contribution in [0.25, 0.3) is 0 Å². The Morgan fingerprint density at radius 1 is 0.800 bits per heavy atom. The minimum absolute atomic E-state index is 0.243. The average Bonchev–Trinajstić information content (AvgIpc) is 2.78. The van der Waals surface area contributed by atoms with Crippen LogP contribution >= 0.6 is 0 Å². The summed E-state index contributed by atoms with van der Waals surface area (Å²) >= 11 is 0. The highest BCUT2D eigenvalue weighted by molar-refractivity contribution is 5.89. The second-order valence-corrected chi connectivity index (χ2v) is 9.01. The molecule has 3 heteroatoms. The van der Waals surface area contributed by atoms with E-state index in [1.807, 2.05) is 12.1 Å². The van der Waals surface area contributed by atoms with Gasteiger partial charge >= 0.3 is 5.97 Å². The number of carbonyl (C=O) groups is 1. The Bertz CT molecular complexity index is 566. The molecule has 0 bridgehead atoms. The summed E-state index contributed by atoms with van der Waals surface area (Å²) in [6, 6.07) is 7.38. The van der Waals surface area contributed by atoms with Gasteiger partial charge in [-0.3, -0.25) is 0 Å². The van der Waals surface area contributed by atoms with Crippen molar-refractivity contribution in [3.05, 3.63) is 29.8 Å². The number of carbonyl (C=O) groups excluding carboxylic acids is 1. The Hall–Kier alpha value is -1.51. The fourth-order valence-corrected chi connectivity index (χ4v) is 4.67. The third-order valence-corrected chi connectivity index (χ3v) is 6.55. The minimum Gasteiger partial charge on any atom is -0.494 e. The Balaban J connectivity index is 1.64. The van der Waals surface area contributed by atoms with Crippen LogP contribution in [0.15, 0.2) is 24.3 Å². The van der Waals surface area contributed by atoms with E-state index in [4.69, 9.17) is 9.47 Å². The van der Waals surface area contributed by atoms with Crippen molar-refractivity contribution in [2.45, 2.75) is 104 Å². The molecule has 0 N–H and O–H groups in total. The van der Waals surface area contributed by atoms with Crippen molar-refractivity contribution in [2.24, 2.45) is 11.8 Å². The molecule has 1 saturated carbocycles. The Labute approximate surface area is 184 Å². The molecular formula is C27H44O3. The van der Waals surface area contributed by atoms with Crippen LogP contribution in [0.5, 0.6) is 5.75 Å². The molecule has 1 fully saturated rings. The second kappa shape index (κ2) is 15.3. The zero-order valence-corrected chi connectivity index (χ0v) is 19.5. The first kappa shape index (κ1) is 24.8. The molecule has 1 aromatic rings. The highest BCUT2D eigenvalue weighted by Crippen LogP contribution is 2.36. The highest BCUT2D eigenvalue weighted by atomic mass is 16.5. The van der Waals surface area contributed by atoms with E-state index < -0.39 is 0 Å². The van der Waals surface area contributed by atoms with Gasteiger partial charge in [-0.1, -0.05) is 84.5 Å². The number of ether oxygens (including phenoxy) is 2. The number of esters is 1. The maximum atomic E-state index is 12.0. The van der Waals surface area contributed by atoms with E-state index in [9.17, 15) is 4.79 Å². The van der Waals surface area contributed by atoms with Gasteiger partial charge in [-0.05, 0) is 55.4 Å². The normalized spacial score (nSPS) is 18.9. The van der Waals surface area contributed by atoms with Gasteiger partial charge in [0.2, 0.25) is 0 Å². The van der Waals surface area contributed by atoms with Crippen LogP contribution < -0.4 is 4.74 Å². The van der Waals surface area contributed by atoms with Gasteiger partial charge in [0.1, 0.15) is 5.75 Å². The van der Waals surface area contributed by atoms with Gasteiger partial charge in [0.25, 0.3) is 0 Å². The summed E-state index contributed by atoms with van der Waals surface area (Å²) in [6.45, 7) is 5.63. The largest absolute Gasteiger partial charge is 0.494 e. The molecule has 0 saturated heterocycles. The summed E-state index contributed by atoms with van der Waals surface area (Å²) in [7, 11) is 0. The predicted octanol–water partition coefficient (Wildman–Crippen LogP) is 7.97. The van der Waals surface area contributed by atoms with E-state index in [0.717, 1.165) is 43.5 Å². The maximum absolute atomic E-state index is 12.0. The summed E-state index contributed by atoms with van der Waals surface area (Å²) in [4.78, 5) is 12.0. The molecule has 170 valence electrons. The fourth-order valence-electron chi connectivity index (χ4n) is 4.67. The zero-order chi connectivity index (χ0) is 21.4. The highest BCUT2D eigenvalue weighted by Gasteiger charge is 2.24. The summed E-state index contributed by atoms with van der Waals surface area (Å²) in [5.41, 5.74) is 0.599. The summed E-state index contributed by atoms with van der Waals surface area (Å²) < 4.78 is 11.2. The molecule has 0 aliphatic heterocycles. The van der Waals surface area contributed by atoms with Gasteiger partial charge in [-0.25, -0.2) is 4.79 Å². The molecule has 2 unspecified atom stereocenters. The lowest BCUT2D eigenvalue weighted by Crippen LogP contribution is -2.20. The van der Waals surface area contributed by atoms with E-state index in [1.54, 1.807) is 12.1 Å². The number of hydrogen-bond acceptors (Lipinski definition) is 3. The first-order valence-electron chi connectivity index (χ1n) is 12.6. The Kier molecular flexibility index (Phi) is 12.6. The van der Waals surface area contributed by atoms with Crippen LogP contribution in [0.3, 0.4) is 0 Å². The second-order valence-electron chi connectivity index (χ2n) is 9.01. The van der Waals surface area contributed by atoms with Crippen LogP contribution in [0.2, 0.25) is 0 Å². The number of hydrogen-bond donors (Lipinski definition) is 0. The molecule has 0 radical (unpaired) electrons. The minimum atomic E-state index is -0.243. The van der Waals surface area contributed by atoms with Gasteiger partial charge in [0.05, 0.1) is 18.8 Å². The van der Waals surface area contributed by atoms with Gasteiger partial charge in [0, 0.05) is 0 Å². The van der Waals surface area contributed by atoms with E-state index in [-0.39, 0.29) is 5.97 Å². The lowest BCUT2D eigenvalue weighted by Gasteiger charge is -2.31. The zero-order valence-electron chi connectivity index (χ0n) is 19.5. The van der Waals surface area contributed by atoms with Crippen LogP contribution in [-0.2, 0) is 4.74 Å². The van der Waals surface area contributed by atoms with Crippen molar-refractivity contribution in [1.29, 1.82) is 0 Å². The summed E-state index contributed by atoms with van der Waals surface area (Å²) in [5, 5.41) is 0. The van der Waals surface area contributed by atoms with Crippen molar-refractivity contribution in [3.63, 3.8) is 0 Å². The first-order chi connectivity index (χ1) is 14.7. The monoisotopic (exact) mass is 416 g/mol. The SMILES string of the molecule is CCCCCCCC1CCCCC1CCCOc1ccc(C(=O)OCCCC)cc1. The Morgan fingerprint density at radius 2 is 1.43 bits per heavy atom. The predicted molar refractivity (Wildman–Crippen MR) is 125 cm³/mol. The number of benzene rings is 1. The third kappa shape index (κ3) is 9.53. The lowest BCUT2D eigenvalue weighted by atomic mass is 9.74. The Morgan fingerprint density at radius 3 is 2.10 bits per heavy atom. The molecule has 2 rings (SSSR count). The molecule has 30 heavy (non-hydrogen) atoms. The molecule has 0 heterocycles. The standard InChI is InChI=1S/C27H44O3/c1-3-5-7-8-9-13-23-14-10-11-15-24(23)16-12-22-29-26-19-17-25(18-20-26)27(28)30-21-6-4-2/h17-20,23-24H,3-16,21-22H2,1-2H3.